The number of nitrogens with zero attached hydrogens (tertiary/aromatic N) is 2. The molecule has 0 spiro atoms. The molecule has 1 heterocycles. The summed E-state index contributed by atoms with van der Waals surface area (Å²) in [7, 11) is 0. The van der Waals surface area contributed by atoms with Gasteiger partial charge in [-0.1, -0.05) is 147 Å². The molecule has 1 aliphatic carbocycles. The average Bonchev–Trinajstić information content (AvgIpc) is 3.64. The van der Waals surface area contributed by atoms with Crippen molar-refractivity contribution < 1.29 is 0 Å². The van der Waals surface area contributed by atoms with Gasteiger partial charge in [0.05, 0.1) is 16.7 Å². The lowest BCUT2D eigenvalue weighted by Gasteiger charge is -2.29. The van der Waals surface area contributed by atoms with Crippen LogP contribution in [0.5, 0.6) is 0 Å². The topological polar surface area (TPSA) is 8.17 Å². The lowest BCUT2D eigenvalue weighted by molar-refractivity contribution is 0.662. The number of hydrogen-bond donors (Lipinski definition) is 0. The van der Waals surface area contributed by atoms with E-state index in [-0.39, 0.29) is 5.41 Å². The van der Waals surface area contributed by atoms with E-state index < -0.39 is 0 Å². The minimum atomic E-state index is -0.106. The standard InChI is InChI=1S/C49H36N2/c1-49(2)44-26-13-11-21-38(44)43-25-15-24-42(48(43)49)37-30-31-46(39-22-10-9-20-36(37)39)50(33-16-5-3-6-17-33)35-28-29-41-40-23-12-14-27-45(40)51(47(41)32-35)34-18-7-4-8-19-34/h3-32H,1-2H3. The highest BCUT2D eigenvalue weighted by atomic mass is 15.1. The molecule has 0 bridgehead atoms. The van der Waals surface area contributed by atoms with Crippen LogP contribution in [-0.4, -0.2) is 4.57 Å². The van der Waals surface area contributed by atoms with Crippen LogP contribution in [0.15, 0.2) is 182 Å². The van der Waals surface area contributed by atoms with Crippen LogP contribution in [0.2, 0.25) is 0 Å². The molecule has 1 aliphatic rings. The predicted molar refractivity (Wildman–Crippen MR) is 216 cm³/mol. The SMILES string of the molecule is CC1(C)c2ccccc2-c2cccc(-c3ccc(N(c4ccccc4)c4ccc5c6ccccc6n(-c6ccccc6)c5c4)c4ccccc34)c21. The Bertz CT molecular complexity index is 2770. The van der Waals surface area contributed by atoms with E-state index in [1.807, 2.05) is 0 Å². The van der Waals surface area contributed by atoms with Gasteiger partial charge in [-0.25, -0.2) is 0 Å². The molecule has 8 aromatic carbocycles. The summed E-state index contributed by atoms with van der Waals surface area (Å²) < 4.78 is 2.40. The lowest BCUT2D eigenvalue weighted by Crippen LogP contribution is -2.16. The molecule has 0 N–H and O–H groups in total. The van der Waals surface area contributed by atoms with Gasteiger partial charge < -0.3 is 9.47 Å². The Morgan fingerprint density at radius 1 is 0.412 bits per heavy atom. The average molecular weight is 653 g/mol. The van der Waals surface area contributed by atoms with Crippen LogP contribution in [0.4, 0.5) is 17.1 Å². The molecule has 9 aromatic rings. The van der Waals surface area contributed by atoms with Crippen molar-refractivity contribution in [3.8, 4) is 27.9 Å². The van der Waals surface area contributed by atoms with Crippen molar-refractivity contribution in [2.24, 2.45) is 0 Å². The molecule has 0 aliphatic heterocycles. The van der Waals surface area contributed by atoms with Crippen LogP contribution in [0.1, 0.15) is 25.0 Å². The fraction of sp³-hybridized carbons (Fsp3) is 0.0612. The summed E-state index contributed by atoms with van der Waals surface area (Å²) in [5, 5.41) is 4.96. The largest absolute Gasteiger partial charge is 0.310 e. The van der Waals surface area contributed by atoms with E-state index in [2.05, 4.69) is 205 Å². The molecule has 2 nitrogen and oxygen atoms in total. The second-order valence-corrected chi connectivity index (χ2v) is 14.1. The highest BCUT2D eigenvalue weighted by molar-refractivity contribution is 6.12. The number of fused-ring (bicyclic) bond motifs is 7. The van der Waals surface area contributed by atoms with E-state index in [9.17, 15) is 0 Å². The van der Waals surface area contributed by atoms with Gasteiger partial charge in [0.2, 0.25) is 0 Å². The van der Waals surface area contributed by atoms with Crippen molar-refractivity contribution in [1.82, 2.24) is 4.57 Å². The van der Waals surface area contributed by atoms with Gasteiger partial charge in [-0.2, -0.15) is 0 Å². The van der Waals surface area contributed by atoms with Gasteiger partial charge in [0.15, 0.2) is 0 Å². The zero-order valence-corrected chi connectivity index (χ0v) is 28.7. The van der Waals surface area contributed by atoms with Gasteiger partial charge >= 0.3 is 0 Å². The van der Waals surface area contributed by atoms with E-state index >= 15 is 0 Å². The van der Waals surface area contributed by atoms with Gasteiger partial charge in [-0.05, 0) is 87.3 Å². The normalized spacial score (nSPS) is 13.1. The zero-order chi connectivity index (χ0) is 34.1. The van der Waals surface area contributed by atoms with Crippen molar-refractivity contribution in [2.75, 3.05) is 4.90 Å². The smallest absolute Gasteiger partial charge is 0.0561 e. The molecule has 1 aromatic heterocycles. The summed E-state index contributed by atoms with van der Waals surface area (Å²) in [6.45, 7) is 4.75. The number of para-hydroxylation sites is 3. The lowest BCUT2D eigenvalue weighted by atomic mass is 9.78. The number of anilines is 3. The van der Waals surface area contributed by atoms with Crippen LogP contribution < -0.4 is 4.90 Å². The molecule has 10 rings (SSSR count). The highest BCUT2D eigenvalue weighted by Crippen LogP contribution is 2.53. The maximum Gasteiger partial charge on any atom is 0.0561 e. The molecule has 0 amide bonds. The second-order valence-electron chi connectivity index (χ2n) is 14.1. The minimum Gasteiger partial charge on any atom is -0.310 e. The summed E-state index contributed by atoms with van der Waals surface area (Å²) in [5.41, 5.74) is 14.9. The monoisotopic (exact) mass is 652 g/mol. The molecular formula is C49H36N2. The van der Waals surface area contributed by atoms with Crippen molar-refractivity contribution in [1.29, 1.82) is 0 Å². The number of benzene rings is 8. The van der Waals surface area contributed by atoms with Gasteiger partial charge in [0, 0.05) is 38.6 Å². The van der Waals surface area contributed by atoms with Gasteiger partial charge in [0.1, 0.15) is 0 Å². The maximum absolute atomic E-state index is 2.42. The number of hydrogen-bond acceptors (Lipinski definition) is 1. The summed E-state index contributed by atoms with van der Waals surface area (Å²) >= 11 is 0. The Morgan fingerprint density at radius 2 is 1.02 bits per heavy atom. The predicted octanol–water partition coefficient (Wildman–Crippen LogP) is 13.4. The fourth-order valence-corrected chi connectivity index (χ4v) is 8.74. The van der Waals surface area contributed by atoms with E-state index in [1.54, 1.807) is 0 Å². The molecule has 0 fully saturated rings. The quantitative estimate of drug-likeness (QED) is 0.180. The molecule has 51 heavy (non-hydrogen) atoms. The first kappa shape index (κ1) is 29.5. The Labute approximate surface area is 298 Å². The Hall–Kier alpha value is -6.38. The third-order valence-corrected chi connectivity index (χ3v) is 11.0. The van der Waals surface area contributed by atoms with E-state index in [4.69, 9.17) is 0 Å². The summed E-state index contributed by atoms with van der Waals surface area (Å²) in [5.74, 6) is 0. The first-order valence-corrected chi connectivity index (χ1v) is 17.8. The van der Waals surface area contributed by atoms with E-state index in [1.165, 1.54) is 66.0 Å². The number of aromatic nitrogens is 1. The third kappa shape index (κ3) is 4.43. The maximum atomic E-state index is 2.42. The summed E-state index contributed by atoms with van der Waals surface area (Å²) in [4.78, 5) is 2.42. The summed E-state index contributed by atoms with van der Waals surface area (Å²) in [6.07, 6.45) is 0. The number of rotatable bonds is 5. The first-order valence-electron chi connectivity index (χ1n) is 17.8. The van der Waals surface area contributed by atoms with Gasteiger partial charge in [0.25, 0.3) is 0 Å². The molecule has 242 valence electrons. The molecule has 0 atom stereocenters. The molecule has 2 heteroatoms. The van der Waals surface area contributed by atoms with Gasteiger partial charge in [-0.3, -0.25) is 0 Å². The zero-order valence-electron chi connectivity index (χ0n) is 28.7. The molecule has 0 radical (unpaired) electrons. The van der Waals surface area contributed by atoms with Crippen LogP contribution in [0, 0.1) is 0 Å². The fourth-order valence-electron chi connectivity index (χ4n) is 8.74. The third-order valence-electron chi connectivity index (χ3n) is 11.0. The van der Waals surface area contributed by atoms with Crippen molar-refractivity contribution >= 4 is 49.6 Å². The first-order chi connectivity index (χ1) is 25.1. The molecule has 0 saturated heterocycles. The Morgan fingerprint density at radius 3 is 1.82 bits per heavy atom. The van der Waals surface area contributed by atoms with Crippen LogP contribution in [0.3, 0.4) is 0 Å². The van der Waals surface area contributed by atoms with E-state index in [0.717, 1.165) is 22.7 Å². The van der Waals surface area contributed by atoms with Crippen LogP contribution in [-0.2, 0) is 5.41 Å². The van der Waals surface area contributed by atoms with Crippen molar-refractivity contribution in [3.63, 3.8) is 0 Å². The molecular weight excluding hydrogens is 617 g/mol. The van der Waals surface area contributed by atoms with Crippen LogP contribution >= 0.6 is 0 Å². The Balaban J connectivity index is 1.21. The van der Waals surface area contributed by atoms with Gasteiger partial charge in [-0.15, -0.1) is 0 Å². The van der Waals surface area contributed by atoms with E-state index in [0.29, 0.717) is 0 Å². The minimum absolute atomic E-state index is 0.106. The summed E-state index contributed by atoms with van der Waals surface area (Å²) in [6, 6.07) is 66.5. The van der Waals surface area contributed by atoms with Crippen molar-refractivity contribution in [3.05, 3.63) is 193 Å². The molecule has 0 unspecified atom stereocenters. The highest BCUT2D eigenvalue weighted by Gasteiger charge is 2.37. The Kier molecular flexibility index (Phi) is 6.56. The van der Waals surface area contributed by atoms with Crippen LogP contribution in [0.25, 0.3) is 60.5 Å². The molecule has 0 saturated carbocycles. The second kappa shape index (κ2) is 11.3. The van der Waals surface area contributed by atoms with Crippen molar-refractivity contribution in [2.45, 2.75) is 19.3 Å².